The van der Waals surface area contributed by atoms with Crippen molar-refractivity contribution in [2.75, 3.05) is 25.4 Å². The van der Waals surface area contributed by atoms with Crippen LogP contribution in [-0.4, -0.2) is 42.2 Å². The lowest BCUT2D eigenvalue weighted by molar-refractivity contribution is -0.126. The van der Waals surface area contributed by atoms with Crippen LogP contribution in [0.25, 0.3) is 0 Å². The summed E-state index contributed by atoms with van der Waals surface area (Å²) in [6, 6.07) is 7.92. The second kappa shape index (κ2) is 8.82. The first-order chi connectivity index (χ1) is 11.1. The summed E-state index contributed by atoms with van der Waals surface area (Å²) in [6.07, 6.45) is 1.66. The van der Waals surface area contributed by atoms with E-state index in [0.29, 0.717) is 19.6 Å². The molecule has 6 heteroatoms. The van der Waals surface area contributed by atoms with Gasteiger partial charge in [-0.2, -0.15) is 11.8 Å². The van der Waals surface area contributed by atoms with Crippen LogP contribution >= 0.6 is 11.8 Å². The number of hydrogen-bond donors (Lipinski definition) is 2. The van der Waals surface area contributed by atoms with Gasteiger partial charge in [0.05, 0.1) is 5.92 Å². The maximum absolute atomic E-state index is 12.2. The molecule has 0 bridgehead atoms. The van der Waals surface area contributed by atoms with Crippen molar-refractivity contribution in [1.29, 1.82) is 0 Å². The number of hydrogen-bond acceptors (Lipinski definition) is 3. The zero-order valence-corrected chi connectivity index (χ0v) is 14.4. The quantitative estimate of drug-likeness (QED) is 0.782. The number of carbonyl (C=O) groups is 2. The minimum Gasteiger partial charge on any atom is -0.355 e. The van der Waals surface area contributed by atoms with Gasteiger partial charge >= 0.3 is 6.03 Å². The fourth-order valence-electron chi connectivity index (χ4n) is 2.74. The van der Waals surface area contributed by atoms with Crippen molar-refractivity contribution in [2.45, 2.75) is 25.5 Å². The van der Waals surface area contributed by atoms with Gasteiger partial charge in [0.1, 0.15) is 0 Å². The lowest BCUT2D eigenvalue weighted by atomic mass is 9.97. The summed E-state index contributed by atoms with van der Waals surface area (Å²) in [5.74, 6) is 1.75. The van der Waals surface area contributed by atoms with Gasteiger partial charge in [0.2, 0.25) is 5.91 Å². The molecule has 23 heavy (non-hydrogen) atoms. The van der Waals surface area contributed by atoms with Gasteiger partial charge in [0.15, 0.2) is 0 Å². The van der Waals surface area contributed by atoms with Crippen molar-refractivity contribution < 1.29 is 9.59 Å². The van der Waals surface area contributed by atoms with Crippen molar-refractivity contribution in [1.82, 2.24) is 10.2 Å². The number of piperidine rings is 1. The van der Waals surface area contributed by atoms with Crippen LogP contribution in [0.15, 0.2) is 24.3 Å². The number of thioether (sulfide) groups is 1. The fourth-order valence-corrected chi connectivity index (χ4v) is 3.67. The van der Waals surface area contributed by atoms with E-state index in [0.717, 1.165) is 24.3 Å². The molecule has 1 heterocycles. The number of primary amides is 1. The Kier molecular flexibility index (Phi) is 6.77. The summed E-state index contributed by atoms with van der Waals surface area (Å²) in [6.45, 7) is 3.87. The smallest absolute Gasteiger partial charge is 0.314 e. The van der Waals surface area contributed by atoms with Crippen molar-refractivity contribution in [2.24, 2.45) is 11.7 Å². The van der Waals surface area contributed by atoms with Gasteiger partial charge in [0.25, 0.3) is 0 Å². The van der Waals surface area contributed by atoms with E-state index < -0.39 is 6.03 Å². The van der Waals surface area contributed by atoms with E-state index in [1.165, 1.54) is 11.1 Å². The maximum Gasteiger partial charge on any atom is 0.314 e. The first-order valence-electron chi connectivity index (χ1n) is 8.02. The molecule has 126 valence electrons. The molecule has 1 atom stereocenters. The van der Waals surface area contributed by atoms with E-state index in [4.69, 9.17) is 5.73 Å². The van der Waals surface area contributed by atoms with E-state index in [1.807, 2.05) is 17.8 Å². The Bertz CT molecular complexity index is 550. The van der Waals surface area contributed by atoms with Crippen molar-refractivity contribution in [3.63, 3.8) is 0 Å². The molecule has 1 aromatic carbocycles. The highest BCUT2D eigenvalue weighted by molar-refractivity contribution is 7.98. The number of amides is 3. The van der Waals surface area contributed by atoms with Crippen molar-refractivity contribution in [3.8, 4) is 0 Å². The van der Waals surface area contributed by atoms with Gasteiger partial charge < -0.3 is 16.0 Å². The Morgan fingerprint density at radius 3 is 2.91 bits per heavy atom. The normalized spacial score (nSPS) is 17.8. The highest BCUT2D eigenvalue weighted by Crippen LogP contribution is 2.17. The predicted octanol–water partition coefficient (Wildman–Crippen LogP) is 2.14. The van der Waals surface area contributed by atoms with Crippen molar-refractivity contribution >= 4 is 23.7 Å². The molecule has 1 saturated heterocycles. The number of nitrogens with two attached hydrogens (primary N) is 1. The zero-order valence-electron chi connectivity index (χ0n) is 13.6. The van der Waals surface area contributed by atoms with Crippen LogP contribution in [0.1, 0.15) is 24.0 Å². The summed E-state index contributed by atoms with van der Waals surface area (Å²) < 4.78 is 0. The topological polar surface area (TPSA) is 75.4 Å². The molecule has 5 nitrogen and oxygen atoms in total. The molecule has 0 unspecified atom stereocenters. The number of likely N-dealkylation sites (tertiary alicyclic amines) is 1. The molecule has 3 amide bonds. The largest absolute Gasteiger partial charge is 0.355 e. The third kappa shape index (κ3) is 5.46. The lowest BCUT2D eigenvalue weighted by Gasteiger charge is -2.30. The van der Waals surface area contributed by atoms with E-state index in [2.05, 4.69) is 30.4 Å². The number of nitrogens with zero attached hydrogens (tertiary/aromatic N) is 1. The summed E-state index contributed by atoms with van der Waals surface area (Å²) >= 11 is 1.82. The van der Waals surface area contributed by atoms with Crippen LogP contribution in [0.5, 0.6) is 0 Å². The number of urea groups is 1. The van der Waals surface area contributed by atoms with Crippen LogP contribution < -0.4 is 11.1 Å². The van der Waals surface area contributed by atoms with Crippen LogP contribution in [0.3, 0.4) is 0 Å². The Morgan fingerprint density at radius 2 is 2.17 bits per heavy atom. The Balaban J connectivity index is 1.65. The monoisotopic (exact) mass is 335 g/mol. The van der Waals surface area contributed by atoms with Crippen LogP contribution in [-0.2, 0) is 10.5 Å². The van der Waals surface area contributed by atoms with E-state index in [9.17, 15) is 9.59 Å². The molecular weight excluding hydrogens is 310 g/mol. The first kappa shape index (κ1) is 17.7. The maximum atomic E-state index is 12.2. The third-order valence-electron chi connectivity index (χ3n) is 4.17. The number of benzene rings is 1. The highest BCUT2D eigenvalue weighted by Gasteiger charge is 2.26. The Morgan fingerprint density at radius 1 is 1.39 bits per heavy atom. The van der Waals surface area contributed by atoms with Gasteiger partial charge in [-0.05, 0) is 30.9 Å². The van der Waals surface area contributed by atoms with Crippen LogP contribution in [0.4, 0.5) is 4.79 Å². The second-order valence-electron chi connectivity index (χ2n) is 5.89. The molecule has 0 spiro atoms. The zero-order chi connectivity index (χ0) is 16.7. The van der Waals surface area contributed by atoms with E-state index in [-0.39, 0.29) is 11.8 Å². The molecular formula is C17H25N3O2S. The van der Waals surface area contributed by atoms with E-state index >= 15 is 0 Å². The molecule has 1 aliphatic rings. The van der Waals surface area contributed by atoms with Gasteiger partial charge in [-0.25, -0.2) is 4.79 Å². The third-order valence-corrected chi connectivity index (χ3v) is 5.18. The SMILES string of the molecule is Cc1ccccc1CSCCNC(=O)[C@@H]1CCCN(C(N)=O)C1. The van der Waals surface area contributed by atoms with Crippen LogP contribution in [0.2, 0.25) is 0 Å². The predicted molar refractivity (Wildman–Crippen MR) is 94.2 cm³/mol. The molecule has 0 radical (unpaired) electrons. The molecule has 1 aliphatic heterocycles. The van der Waals surface area contributed by atoms with Gasteiger partial charge in [-0.1, -0.05) is 24.3 Å². The van der Waals surface area contributed by atoms with Gasteiger partial charge in [-0.3, -0.25) is 4.79 Å². The average Bonchev–Trinajstić information content (AvgIpc) is 2.56. The standard InChI is InChI=1S/C17H25N3O2S/c1-13-5-2-3-6-15(13)12-23-10-8-19-16(21)14-7-4-9-20(11-14)17(18)22/h2-3,5-6,14H,4,7-12H2,1H3,(H2,18,22)(H,19,21)/t14-/m1/s1. The summed E-state index contributed by atoms with van der Waals surface area (Å²) in [4.78, 5) is 24.9. The Labute approximate surface area is 142 Å². The number of nitrogens with one attached hydrogen (secondary N) is 1. The molecule has 1 fully saturated rings. The molecule has 2 rings (SSSR count). The summed E-state index contributed by atoms with van der Waals surface area (Å²) in [5.41, 5.74) is 7.93. The van der Waals surface area contributed by atoms with E-state index in [1.54, 1.807) is 4.90 Å². The highest BCUT2D eigenvalue weighted by atomic mass is 32.2. The summed E-state index contributed by atoms with van der Waals surface area (Å²) in [5, 5.41) is 2.97. The van der Waals surface area contributed by atoms with Crippen LogP contribution in [0, 0.1) is 12.8 Å². The molecule has 3 N–H and O–H groups in total. The first-order valence-corrected chi connectivity index (χ1v) is 9.17. The summed E-state index contributed by atoms with van der Waals surface area (Å²) in [7, 11) is 0. The lowest BCUT2D eigenvalue weighted by Crippen LogP contribution is -2.47. The molecule has 0 aliphatic carbocycles. The van der Waals surface area contributed by atoms with Gasteiger partial charge in [-0.15, -0.1) is 0 Å². The fraction of sp³-hybridized carbons (Fsp3) is 0.529. The second-order valence-corrected chi connectivity index (χ2v) is 7.00. The average molecular weight is 335 g/mol. The number of aryl methyl sites for hydroxylation is 1. The van der Waals surface area contributed by atoms with Crippen molar-refractivity contribution in [3.05, 3.63) is 35.4 Å². The molecule has 0 aromatic heterocycles. The minimum absolute atomic E-state index is 0.0347. The Hall–Kier alpha value is -1.69. The minimum atomic E-state index is -0.434. The molecule has 1 aromatic rings. The number of rotatable bonds is 6. The number of carbonyl (C=O) groups excluding carboxylic acids is 2. The molecule has 0 saturated carbocycles. The van der Waals surface area contributed by atoms with Gasteiger partial charge in [0, 0.05) is 31.1 Å².